The number of aliphatic hydroxyl groups excluding tert-OH is 1. The molecule has 0 heterocycles. The Bertz CT molecular complexity index is 244. The lowest BCUT2D eigenvalue weighted by Gasteiger charge is -2.37. The fraction of sp³-hybridized carbons (Fsp3) is 0.909. The van der Waals surface area contributed by atoms with Gasteiger partial charge in [-0.3, -0.25) is 4.79 Å². The average Bonchev–Trinajstić information content (AvgIpc) is 2.58. The Morgan fingerprint density at radius 1 is 1.20 bits per heavy atom. The van der Waals surface area contributed by atoms with Gasteiger partial charge in [-0.1, -0.05) is 6.42 Å². The lowest BCUT2D eigenvalue weighted by molar-refractivity contribution is -0.146. The predicted molar refractivity (Wildman–Crippen MR) is 55.5 cm³/mol. The molecule has 0 bridgehead atoms. The molecule has 2 saturated carbocycles. The first-order valence-corrected chi connectivity index (χ1v) is 5.82. The molecule has 0 saturated heterocycles. The van der Waals surface area contributed by atoms with Crippen molar-refractivity contribution < 1.29 is 15.0 Å². The second-order valence-corrected chi connectivity index (χ2v) is 4.78. The summed E-state index contributed by atoms with van der Waals surface area (Å²) in [5.74, 6) is -0.553. The van der Waals surface area contributed by atoms with Gasteiger partial charge in [0.05, 0.1) is 5.92 Å². The van der Waals surface area contributed by atoms with Gasteiger partial charge in [0.25, 0.3) is 0 Å². The van der Waals surface area contributed by atoms with Crippen molar-refractivity contribution in [2.24, 2.45) is 11.8 Å². The summed E-state index contributed by atoms with van der Waals surface area (Å²) in [5, 5.41) is 21.5. The molecule has 2 fully saturated rings. The maximum Gasteiger partial charge on any atom is 0.308 e. The van der Waals surface area contributed by atoms with Crippen LogP contribution < -0.4 is 5.32 Å². The SMILES string of the molecule is O=C(O)C1CCC1NC1CCCC1CO. The van der Waals surface area contributed by atoms with Crippen LogP contribution in [-0.4, -0.2) is 34.9 Å². The third kappa shape index (κ3) is 2.16. The molecule has 0 spiro atoms. The number of carboxylic acids is 1. The lowest BCUT2D eigenvalue weighted by atomic mass is 9.79. The molecule has 4 nitrogen and oxygen atoms in total. The molecule has 0 aromatic rings. The molecule has 0 radical (unpaired) electrons. The molecule has 0 aromatic carbocycles. The van der Waals surface area contributed by atoms with Crippen molar-refractivity contribution in [3.8, 4) is 0 Å². The number of aliphatic carboxylic acids is 1. The molecule has 0 amide bonds. The van der Waals surface area contributed by atoms with Crippen LogP contribution in [0.2, 0.25) is 0 Å². The molecule has 0 aliphatic heterocycles. The third-order valence-electron chi connectivity index (χ3n) is 3.91. The highest BCUT2D eigenvalue weighted by molar-refractivity contribution is 5.72. The Morgan fingerprint density at radius 2 is 2.00 bits per heavy atom. The summed E-state index contributed by atoms with van der Waals surface area (Å²) < 4.78 is 0. The van der Waals surface area contributed by atoms with E-state index in [1.165, 1.54) is 0 Å². The largest absolute Gasteiger partial charge is 0.481 e. The van der Waals surface area contributed by atoms with Crippen LogP contribution in [0.3, 0.4) is 0 Å². The van der Waals surface area contributed by atoms with E-state index in [4.69, 9.17) is 10.2 Å². The number of rotatable bonds is 4. The summed E-state index contributed by atoms with van der Waals surface area (Å²) in [6.07, 6.45) is 5.05. The zero-order valence-electron chi connectivity index (χ0n) is 8.85. The number of hydrogen-bond donors (Lipinski definition) is 3. The molecule has 3 N–H and O–H groups in total. The van der Waals surface area contributed by atoms with Crippen LogP contribution in [0, 0.1) is 11.8 Å². The van der Waals surface area contributed by atoms with Crippen LogP contribution in [0.5, 0.6) is 0 Å². The van der Waals surface area contributed by atoms with Gasteiger partial charge in [0, 0.05) is 18.7 Å². The molecule has 2 aliphatic carbocycles. The molecule has 86 valence electrons. The molecule has 2 aliphatic rings. The highest BCUT2D eigenvalue weighted by atomic mass is 16.4. The minimum Gasteiger partial charge on any atom is -0.481 e. The summed E-state index contributed by atoms with van der Waals surface area (Å²) in [5.41, 5.74) is 0. The standard InChI is InChI=1S/C11H19NO3/c13-6-7-2-1-3-9(7)12-10-5-4-8(10)11(14)15/h7-10,12-13H,1-6H2,(H,14,15). The zero-order valence-corrected chi connectivity index (χ0v) is 8.85. The van der Waals surface area contributed by atoms with Crippen LogP contribution in [0.25, 0.3) is 0 Å². The van der Waals surface area contributed by atoms with Gasteiger partial charge in [0.2, 0.25) is 0 Å². The van der Waals surface area contributed by atoms with Crippen molar-refractivity contribution >= 4 is 5.97 Å². The quantitative estimate of drug-likeness (QED) is 0.639. The van der Waals surface area contributed by atoms with Gasteiger partial charge in [0.1, 0.15) is 0 Å². The van der Waals surface area contributed by atoms with Gasteiger partial charge in [-0.05, 0) is 31.6 Å². The summed E-state index contributed by atoms with van der Waals surface area (Å²) in [6, 6.07) is 0.474. The first-order chi connectivity index (χ1) is 7.22. The van der Waals surface area contributed by atoms with E-state index in [-0.39, 0.29) is 18.6 Å². The van der Waals surface area contributed by atoms with E-state index in [9.17, 15) is 4.79 Å². The topological polar surface area (TPSA) is 69.6 Å². The van der Waals surface area contributed by atoms with Crippen LogP contribution in [0.4, 0.5) is 0 Å². The van der Waals surface area contributed by atoms with E-state index in [2.05, 4.69) is 5.32 Å². The monoisotopic (exact) mass is 213 g/mol. The van der Waals surface area contributed by atoms with Gasteiger partial charge in [0.15, 0.2) is 0 Å². The number of hydrogen-bond acceptors (Lipinski definition) is 3. The lowest BCUT2D eigenvalue weighted by Crippen LogP contribution is -2.52. The number of aliphatic hydroxyl groups is 1. The molecule has 4 heteroatoms. The van der Waals surface area contributed by atoms with Gasteiger partial charge in [-0.15, -0.1) is 0 Å². The van der Waals surface area contributed by atoms with E-state index in [0.29, 0.717) is 12.0 Å². The smallest absolute Gasteiger partial charge is 0.308 e. The van der Waals surface area contributed by atoms with Crippen LogP contribution in [0.15, 0.2) is 0 Å². The third-order valence-corrected chi connectivity index (χ3v) is 3.91. The van der Waals surface area contributed by atoms with Gasteiger partial charge >= 0.3 is 5.97 Å². The van der Waals surface area contributed by atoms with E-state index < -0.39 is 5.97 Å². The molecule has 4 unspecified atom stereocenters. The van der Waals surface area contributed by atoms with E-state index in [1.54, 1.807) is 0 Å². The first-order valence-electron chi connectivity index (χ1n) is 5.82. The Morgan fingerprint density at radius 3 is 2.53 bits per heavy atom. The van der Waals surface area contributed by atoms with Crippen LogP contribution in [0.1, 0.15) is 32.1 Å². The number of carboxylic acid groups (broad SMARTS) is 1. The normalized spacial score (nSPS) is 40.1. The molecular weight excluding hydrogens is 194 g/mol. The molecule has 2 rings (SSSR count). The second-order valence-electron chi connectivity index (χ2n) is 4.78. The maximum atomic E-state index is 10.8. The summed E-state index contributed by atoms with van der Waals surface area (Å²) in [4.78, 5) is 10.8. The molecule has 4 atom stereocenters. The van der Waals surface area contributed by atoms with Crippen molar-refractivity contribution in [2.75, 3.05) is 6.61 Å². The molecular formula is C11H19NO3. The fourth-order valence-electron chi connectivity index (χ4n) is 2.74. The Labute approximate surface area is 89.7 Å². The summed E-state index contributed by atoms with van der Waals surface area (Å²) in [7, 11) is 0. The van der Waals surface area contributed by atoms with Gasteiger partial charge in [-0.25, -0.2) is 0 Å². The van der Waals surface area contributed by atoms with Crippen molar-refractivity contribution in [2.45, 2.75) is 44.2 Å². The predicted octanol–water partition coefficient (Wildman–Crippen LogP) is 0.600. The minimum absolute atomic E-state index is 0.139. The fourth-order valence-corrected chi connectivity index (χ4v) is 2.74. The van der Waals surface area contributed by atoms with E-state index in [0.717, 1.165) is 32.1 Å². The number of nitrogens with one attached hydrogen (secondary N) is 1. The Kier molecular flexibility index (Phi) is 3.26. The summed E-state index contributed by atoms with van der Waals surface area (Å²) in [6.45, 7) is 0.224. The van der Waals surface area contributed by atoms with Crippen molar-refractivity contribution in [3.63, 3.8) is 0 Å². The second kappa shape index (κ2) is 4.49. The number of carbonyl (C=O) groups is 1. The molecule has 0 aromatic heterocycles. The van der Waals surface area contributed by atoms with E-state index >= 15 is 0 Å². The van der Waals surface area contributed by atoms with Crippen LogP contribution in [-0.2, 0) is 4.79 Å². The first kappa shape index (κ1) is 10.9. The minimum atomic E-state index is -0.683. The van der Waals surface area contributed by atoms with Crippen molar-refractivity contribution in [3.05, 3.63) is 0 Å². The highest BCUT2D eigenvalue weighted by Gasteiger charge is 2.39. The van der Waals surface area contributed by atoms with E-state index in [1.807, 2.05) is 0 Å². The van der Waals surface area contributed by atoms with Gasteiger partial charge < -0.3 is 15.5 Å². The Balaban J connectivity index is 1.84. The van der Waals surface area contributed by atoms with Gasteiger partial charge in [-0.2, -0.15) is 0 Å². The van der Waals surface area contributed by atoms with Crippen molar-refractivity contribution in [1.82, 2.24) is 5.32 Å². The zero-order chi connectivity index (χ0) is 10.8. The average molecular weight is 213 g/mol. The maximum absolute atomic E-state index is 10.8. The summed E-state index contributed by atoms with van der Waals surface area (Å²) >= 11 is 0. The van der Waals surface area contributed by atoms with Crippen LogP contribution >= 0.6 is 0 Å². The Hall–Kier alpha value is -0.610. The highest BCUT2D eigenvalue weighted by Crippen LogP contribution is 2.32. The van der Waals surface area contributed by atoms with Crippen molar-refractivity contribution in [1.29, 1.82) is 0 Å². The molecule has 15 heavy (non-hydrogen) atoms.